The lowest BCUT2D eigenvalue weighted by atomic mass is 9.96. The Morgan fingerprint density at radius 2 is 1.69 bits per heavy atom. The zero-order valence-electron chi connectivity index (χ0n) is 19.8. The van der Waals surface area contributed by atoms with E-state index in [0.29, 0.717) is 5.69 Å². The van der Waals surface area contributed by atoms with Crippen LogP contribution in [0, 0.1) is 0 Å². The zero-order valence-corrected chi connectivity index (χ0v) is 22.5. The molecule has 32 heavy (non-hydrogen) atoms. The fourth-order valence-electron chi connectivity index (χ4n) is 4.37. The maximum Gasteiger partial charge on any atom is 0.414 e. The van der Waals surface area contributed by atoms with Crippen molar-refractivity contribution in [2.75, 3.05) is 0 Å². The van der Waals surface area contributed by atoms with E-state index in [2.05, 4.69) is 20.8 Å². The van der Waals surface area contributed by atoms with Gasteiger partial charge in [0.25, 0.3) is 5.91 Å². The number of urea groups is 1. The number of likely N-dealkylation sites (tertiary alicyclic amines) is 1. The standard InChI is InChI=1S/C24H34N2O3S2Si/c1-7-32(8-2,9-3)29-21-20(19-16-13-17-31-19)25(22(21)27)23(28)26(30,24(4,5)6)18-14-11-10-12-15-18/h10-17,20-21H,7-9H2,1-6H3/t20-,21+,26?/m0/s1. The molecule has 1 aromatic heterocycles. The van der Waals surface area contributed by atoms with Gasteiger partial charge in [-0.25, -0.2) is 9.69 Å². The lowest BCUT2D eigenvalue weighted by molar-refractivity contribution is -0.158. The number of carbonyl (C=O) groups is 2. The van der Waals surface area contributed by atoms with Gasteiger partial charge in [-0.1, -0.05) is 45.0 Å². The summed E-state index contributed by atoms with van der Waals surface area (Å²) in [6.45, 7) is 12.2. The molecule has 1 aromatic carbocycles. The molecule has 0 radical (unpaired) electrons. The highest BCUT2D eigenvalue weighted by atomic mass is 32.1. The first-order chi connectivity index (χ1) is 15.1. The van der Waals surface area contributed by atoms with E-state index in [1.807, 2.05) is 68.6 Å². The smallest absolute Gasteiger partial charge is 0.414 e. The Morgan fingerprint density at radius 3 is 2.16 bits per heavy atom. The first-order valence-corrected chi connectivity index (χ1v) is 15.1. The molecule has 8 heteroatoms. The third-order valence-electron chi connectivity index (χ3n) is 6.73. The Morgan fingerprint density at radius 1 is 1.09 bits per heavy atom. The Kier molecular flexibility index (Phi) is 7.41. The van der Waals surface area contributed by atoms with Crippen molar-refractivity contribution in [1.29, 1.82) is 0 Å². The molecule has 1 unspecified atom stereocenters. The van der Waals surface area contributed by atoms with Gasteiger partial charge >= 0.3 is 6.03 Å². The number of β-lactam (4-membered cyclic amide) rings is 1. The molecule has 0 aliphatic carbocycles. The molecule has 5 nitrogen and oxygen atoms in total. The fourth-order valence-corrected chi connectivity index (χ4v) is 8.19. The number of amides is 3. The normalized spacial score (nSPS) is 21.2. The van der Waals surface area contributed by atoms with Gasteiger partial charge in [-0.3, -0.25) is 4.79 Å². The fraction of sp³-hybridized carbons (Fsp3) is 0.500. The van der Waals surface area contributed by atoms with Crippen LogP contribution in [-0.4, -0.2) is 36.8 Å². The van der Waals surface area contributed by atoms with Crippen molar-refractivity contribution >= 4 is 50.1 Å². The topological polar surface area (TPSA) is 46.6 Å². The molecule has 0 saturated carbocycles. The van der Waals surface area contributed by atoms with Crippen molar-refractivity contribution in [2.45, 2.75) is 77.4 Å². The van der Waals surface area contributed by atoms with Gasteiger partial charge in [-0.05, 0) is 62.5 Å². The van der Waals surface area contributed by atoms with E-state index in [-0.39, 0.29) is 5.91 Å². The summed E-state index contributed by atoms with van der Waals surface area (Å²) in [5.41, 5.74) is 0.0517. The summed E-state index contributed by atoms with van der Waals surface area (Å²) in [4.78, 5) is 29.9. The van der Waals surface area contributed by atoms with Crippen molar-refractivity contribution < 1.29 is 14.0 Å². The molecule has 2 aromatic rings. The van der Waals surface area contributed by atoms with Gasteiger partial charge in [0.15, 0.2) is 14.4 Å². The highest BCUT2D eigenvalue weighted by Crippen LogP contribution is 2.45. The number of nitrogens with zero attached hydrogens (tertiary/aromatic N) is 2. The Bertz CT molecular complexity index is 934. The third kappa shape index (κ3) is 4.12. The molecule has 174 valence electrons. The van der Waals surface area contributed by atoms with Crippen LogP contribution in [0.5, 0.6) is 0 Å². The lowest BCUT2D eigenvalue weighted by Gasteiger charge is -2.56. The first-order valence-electron chi connectivity index (χ1n) is 11.3. The van der Waals surface area contributed by atoms with Crippen molar-refractivity contribution in [3.05, 3.63) is 52.7 Å². The highest BCUT2D eigenvalue weighted by molar-refractivity contribution is 7.59. The summed E-state index contributed by atoms with van der Waals surface area (Å²) in [6, 6.07) is 15.3. The minimum atomic E-state index is -2.04. The monoisotopic (exact) mass is 490 g/mol. The minimum Gasteiger partial charge on any atom is -0.476 e. The molecule has 3 atom stereocenters. The highest BCUT2D eigenvalue weighted by Gasteiger charge is 2.59. The summed E-state index contributed by atoms with van der Waals surface area (Å²) >= 11 is 7.57. The number of carbonyl (C=O) groups excluding carboxylic acids is 2. The summed E-state index contributed by atoms with van der Waals surface area (Å²) in [5, 5.41) is 1.97. The SMILES string of the molecule is CC[Si](CC)(CC)O[C@H]1C(=O)N(C(=O)[N+]([S-])(c2ccccc2)C(C)(C)C)[C@H]1c1cccs1. The number of thiophene rings is 1. The largest absolute Gasteiger partial charge is 0.476 e. The maximum atomic E-state index is 14.1. The number of quaternary nitrogens is 1. The average molecular weight is 491 g/mol. The van der Waals surface area contributed by atoms with Crippen molar-refractivity contribution in [1.82, 2.24) is 8.79 Å². The Balaban J connectivity index is 2.04. The molecule has 1 aliphatic rings. The van der Waals surface area contributed by atoms with E-state index in [4.69, 9.17) is 17.2 Å². The van der Waals surface area contributed by atoms with E-state index in [9.17, 15) is 9.59 Å². The second kappa shape index (κ2) is 9.42. The number of imide groups is 1. The van der Waals surface area contributed by atoms with Crippen LogP contribution in [0.3, 0.4) is 0 Å². The van der Waals surface area contributed by atoms with Crippen LogP contribution < -0.4 is 3.89 Å². The average Bonchev–Trinajstić information content (AvgIpc) is 3.31. The number of para-hydroxylation sites is 1. The summed E-state index contributed by atoms with van der Waals surface area (Å²) in [6.07, 6.45) is -0.622. The number of hydrogen-bond acceptors (Lipinski definition) is 5. The van der Waals surface area contributed by atoms with E-state index in [1.54, 1.807) is 11.3 Å². The van der Waals surface area contributed by atoms with E-state index < -0.39 is 35.9 Å². The van der Waals surface area contributed by atoms with Crippen LogP contribution in [0.4, 0.5) is 10.5 Å². The number of rotatable bonds is 7. The maximum absolute atomic E-state index is 14.1. The molecule has 0 spiro atoms. The predicted molar refractivity (Wildman–Crippen MR) is 137 cm³/mol. The van der Waals surface area contributed by atoms with E-state index in [1.165, 1.54) is 4.90 Å². The van der Waals surface area contributed by atoms with Gasteiger partial charge in [-0.15, -0.1) is 11.3 Å². The van der Waals surface area contributed by atoms with Gasteiger partial charge in [0.2, 0.25) is 0 Å². The zero-order chi connectivity index (χ0) is 23.7. The number of benzene rings is 1. The van der Waals surface area contributed by atoms with Crippen LogP contribution in [0.25, 0.3) is 0 Å². The molecule has 0 N–H and O–H groups in total. The second-order valence-corrected chi connectivity index (χ2v) is 15.6. The quantitative estimate of drug-likeness (QED) is 0.195. The summed E-state index contributed by atoms with van der Waals surface area (Å²) < 4.78 is 6.21. The van der Waals surface area contributed by atoms with Gasteiger partial charge in [0, 0.05) is 4.88 Å². The predicted octanol–water partition coefficient (Wildman–Crippen LogP) is 6.41. The molecular formula is C24H34N2O3S2Si. The van der Waals surface area contributed by atoms with Crippen LogP contribution >= 0.6 is 11.3 Å². The van der Waals surface area contributed by atoms with Gasteiger partial charge in [-0.2, -0.15) is 0 Å². The van der Waals surface area contributed by atoms with Crippen LogP contribution in [0.15, 0.2) is 47.8 Å². The molecular weight excluding hydrogens is 456 g/mol. The molecule has 1 saturated heterocycles. The Hall–Kier alpha value is -1.45. The first kappa shape index (κ1) is 25.2. The summed E-state index contributed by atoms with van der Waals surface area (Å²) in [5.74, 6) is -0.270. The van der Waals surface area contributed by atoms with Gasteiger partial charge in [0.1, 0.15) is 11.7 Å². The molecule has 2 heterocycles. The van der Waals surface area contributed by atoms with E-state index in [0.717, 1.165) is 23.0 Å². The van der Waals surface area contributed by atoms with Gasteiger partial charge < -0.3 is 21.1 Å². The van der Waals surface area contributed by atoms with Crippen LogP contribution in [-0.2, 0) is 22.0 Å². The van der Waals surface area contributed by atoms with Crippen molar-refractivity contribution in [2.24, 2.45) is 0 Å². The summed E-state index contributed by atoms with van der Waals surface area (Å²) in [7, 11) is -2.04. The molecule has 1 fully saturated rings. The Labute approximate surface area is 202 Å². The molecule has 3 amide bonds. The van der Waals surface area contributed by atoms with Gasteiger partial charge in [0.05, 0.1) is 5.54 Å². The third-order valence-corrected chi connectivity index (χ3v) is 13.2. The molecule has 0 bridgehead atoms. The lowest BCUT2D eigenvalue weighted by Crippen LogP contribution is -2.73. The second-order valence-electron chi connectivity index (χ2n) is 9.35. The van der Waals surface area contributed by atoms with E-state index >= 15 is 0 Å². The van der Waals surface area contributed by atoms with Crippen LogP contribution in [0.1, 0.15) is 52.5 Å². The van der Waals surface area contributed by atoms with Crippen molar-refractivity contribution in [3.63, 3.8) is 0 Å². The molecule has 3 rings (SSSR count). The number of hydrogen-bond donors (Lipinski definition) is 0. The minimum absolute atomic E-state index is 0.270. The van der Waals surface area contributed by atoms with Crippen molar-refractivity contribution in [3.8, 4) is 0 Å². The molecule has 1 aliphatic heterocycles. The van der Waals surface area contributed by atoms with Crippen LogP contribution in [0.2, 0.25) is 18.1 Å².